The monoisotopic (exact) mass is 422 g/mol. The fourth-order valence-corrected chi connectivity index (χ4v) is 4.09. The van der Waals surface area contributed by atoms with Gasteiger partial charge in [-0.25, -0.2) is 4.57 Å². The summed E-state index contributed by atoms with van der Waals surface area (Å²) in [5.74, 6) is 1.93. The van der Waals surface area contributed by atoms with E-state index in [0.717, 1.165) is 40.5 Å². The Bertz CT molecular complexity index is 1170. The highest BCUT2D eigenvalue weighted by atomic mass is 32.2. The van der Waals surface area contributed by atoms with Crippen LogP contribution in [0.5, 0.6) is 11.5 Å². The highest BCUT2D eigenvalue weighted by Crippen LogP contribution is 2.36. The molecular weight excluding hydrogens is 398 g/mol. The van der Waals surface area contributed by atoms with Gasteiger partial charge in [-0.2, -0.15) is 0 Å². The number of benzene rings is 2. The number of nitrogens with two attached hydrogens (primary N) is 1. The molecule has 2 heterocycles. The van der Waals surface area contributed by atoms with E-state index in [1.165, 1.54) is 22.9 Å². The maximum Gasteiger partial charge on any atom is 0.294 e. The van der Waals surface area contributed by atoms with Crippen LogP contribution < -0.4 is 19.8 Å². The Hall–Kier alpha value is -3.26. The molecule has 0 atom stereocenters. The number of aromatic amines is 1. The molecule has 2 aromatic carbocycles. The van der Waals surface area contributed by atoms with Crippen LogP contribution in [0.1, 0.15) is 11.1 Å². The predicted octanol–water partition coefficient (Wildman–Crippen LogP) is 3.55. The van der Waals surface area contributed by atoms with E-state index in [1.807, 2.05) is 22.8 Å². The van der Waals surface area contributed by atoms with Crippen LogP contribution >= 0.6 is 11.8 Å². The van der Waals surface area contributed by atoms with Crippen LogP contribution in [0.2, 0.25) is 0 Å². The Labute approximate surface area is 179 Å². The smallest absolute Gasteiger partial charge is 0.294 e. The molecule has 7 nitrogen and oxygen atoms in total. The number of anilines is 1. The molecular formula is C22H24N5O2S+. The molecule has 0 aliphatic rings. The molecule has 0 aliphatic heterocycles. The number of nitrogens with zero attached hydrogens (tertiary/aromatic N) is 3. The van der Waals surface area contributed by atoms with Crippen molar-refractivity contribution in [1.82, 2.24) is 15.0 Å². The minimum atomic E-state index is 0.425. The second kappa shape index (κ2) is 8.62. The molecule has 0 unspecified atom stereocenters. The normalized spacial score (nSPS) is 11.0. The van der Waals surface area contributed by atoms with E-state index in [4.69, 9.17) is 20.2 Å². The molecule has 0 bridgehead atoms. The molecule has 0 aliphatic carbocycles. The third kappa shape index (κ3) is 4.18. The number of nitrogens with one attached hydrogen (secondary N) is 1. The Morgan fingerprint density at radius 3 is 2.63 bits per heavy atom. The molecule has 0 saturated carbocycles. The zero-order valence-corrected chi connectivity index (χ0v) is 18.0. The van der Waals surface area contributed by atoms with Gasteiger partial charge in [0.05, 0.1) is 25.7 Å². The molecule has 2 aromatic heterocycles. The van der Waals surface area contributed by atoms with E-state index in [1.54, 1.807) is 20.5 Å². The lowest BCUT2D eigenvalue weighted by Crippen LogP contribution is -2.36. The van der Waals surface area contributed by atoms with Crippen LogP contribution in [-0.2, 0) is 13.0 Å². The topological polar surface area (TPSA) is 89.9 Å². The highest BCUT2D eigenvalue weighted by Gasteiger charge is 2.20. The van der Waals surface area contributed by atoms with Gasteiger partial charge in [0, 0.05) is 6.42 Å². The lowest BCUT2D eigenvalue weighted by Gasteiger charge is -2.07. The first kappa shape index (κ1) is 20.0. The Kier molecular flexibility index (Phi) is 5.76. The summed E-state index contributed by atoms with van der Waals surface area (Å²) in [6.45, 7) is 2.84. The lowest BCUT2D eigenvalue weighted by atomic mass is 10.1. The van der Waals surface area contributed by atoms with Crippen LogP contribution in [0.3, 0.4) is 0 Å². The van der Waals surface area contributed by atoms with Crippen molar-refractivity contribution < 1.29 is 14.0 Å². The third-order valence-corrected chi connectivity index (χ3v) is 5.79. The highest BCUT2D eigenvalue weighted by molar-refractivity contribution is 7.99. The van der Waals surface area contributed by atoms with Gasteiger partial charge in [0.25, 0.3) is 5.65 Å². The van der Waals surface area contributed by atoms with E-state index < -0.39 is 0 Å². The summed E-state index contributed by atoms with van der Waals surface area (Å²) < 4.78 is 12.8. The molecule has 0 amide bonds. The molecule has 8 heteroatoms. The third-order valence-electron chi connectivity index (χ3n) is 4.87. The van der Waals surface area contributed by atoms with E-state index in [-0.39, 0.29) is 0 Å². The first-order chi connectivity index (χ1) is 14.6. The van der Waals surface area contributed by atoms with Gasteiger partial charge < -0.3 is 20.2 Å². The van der Waals surface area contributed by atoms with Crippen molar-refractivity contribution >= 4 is 28.7 Å². The number of aryl methyl sites for hydroxylation is 3. The molecule has 4 aromatic rings. The van der Waals surface area contributed by atoms with Crippen molar-refractivity contribution in [2.45, 2.75) is 29.9 Å². The van der Waals surface area contributed by atoms with Crippen LogP contribution in [0.15, 0.2) is 58.8 Å². The summed E-state index contributed by atoms with van der Waals surface area (Å²) in [6, 6.07) is 14.2. The van der Waals surface area contributed by atoms with E-state index >= 15 is 0 Å². The van der Waals surface area contributed by atoms with Crippen molar-refractivity contribution in [3.05, 3.63) is 59.9 Å². The summed E-state index contributed by atoms with van der Waals surface area (Å²) in [7, 11) is 3.28. The van der Waals surface area contributed by atoms with E-state index in [9.17, 15) is 0 Å². The number of rotatable bonds is 7. The molecule has 0 fully saturated rings. The predicted molar refractivity (Wildman–Crippen MR) is 117 cm³/mol. The number of hydrogen-bond donors (Lipinski definition) is 2. The first-order valence-electron chi connectivity index (χ1n) is 9.56. The maximum atomic E-state index is 6.11. The number of nitrogen functional groups attached to an aromatic ring is 1. The summed E-state index contributed by atoms with van der Waals surface area (Å²) >= 11 is 1.46. The average Bonchev–Trinajstić information content (AvgIpc) is 3.19. The van der Waals surface area contributed by atoms with Crippen molar-refractivity contribution in [3.63, 3.8) is 0 Å². The van der Waals surface area contributed by atoms with Gasteiger partial charge >= 0.3 is 0 Å². The van der Waals surface area contributed by atoms with Gasteiger partial charge in [0.15, 0.2) is 5.52 Å². The fourth-order valence-electron chi connectivity index (χ4n) is 3.16. The quantitative estimate of drug-likeness (QED) is 0.443. The lowest BCUT2D eigenvalue weighted by molar-refractivity contribution is -0.675. The Morgan fingerprint density at radius 2 is 1.90 bits per heavy atom. The minimum absolute atomic E-state index is 0.425. The molecule has 0 spiro atoms. The van der Waals surface area contributed by atoms with E-state index in [2.05, 4.69) is 41.2 Å². The molecule has 0 saturated heterocycles. The van der Waals surface area contributed by atoms with Crippen molar-refractivity contribution in [1.29, 1.82) is 0 Å². The van der Waals surface area contributed by atoms with Gasteiger partial charge in [-0.15, -0.1) is 0 Å². The second-order valence-electron chi connectivity index (χ2n) is 6.92. The van der Waals surface area contributed by atoms with Crippen molar-refractivity contribution in [2.75, 3.05) is 20.0 Å². The zero-order chi connectivity index (χ0) is 21.1. The summed E-state index contributed by atoms with van der Waals surface area (Å²) in [5, 5.41) is 0.709. The zero-order valence-electron chi connectivity index (χ0n) is 17.2. The molecule has 3 N–H and O–H groups in total. The summed E-state index contributed by atoms with van der Waals surface area (Å²) in [4.78, 5) is 13.3. The molecule has 30 heavy (non-hydrogen) atoms. The largest absolute Gasteiger partial charge is 0.497 e. The molecule has 4 rings (SSSR count). The second-order valence-corrected chi connectivity index (χ2v) is 7.95. The minimum Gasteiger partial charge on any atom is -0.497 e. The molecule has 0 radical (unpaired) electrons. The number of imidazole rings is 1. The van der Waals surface area contributed by atoms with Crippen molar-refractivity contribution in [3.8, 4) is 11.5 Å². The summed E-state index contributed by atoms with van der Waals surface area (Å²) in [6.07, 6.45) is 2.62. The van der Waals surface area contributed by atoms with Gasteiger partial charge in [-0.1, -0.05) is 39.8 Å². The number of methoxy groups -OCH3 is 2. The number of H-pyrrole nitrogens is 1. The number of hydrogen-bond acceptors (Lipinski definition) is 6. The fraction of sp³-hybridized carbons (Fsp3) is 0.227. The summed E-state index contributed by atoms with van der Waals surface area (Å²) in [5.41, 5.74) is 10.1. The van der Waals surface area contributed by atoms with Crippen LogP contribution in [-0.4, -0.2) is 29.2 Å². The maximum absolute atomic E-state index is 6.11. The van der Waals surface area contributed by atoms with Crippen LogP contribution in [0.4, 0.5) is 5.82 Å². The SMILES string of the molecule is COc1ccc(OC)c(Sc2nc3c([nH]2)c(N)nc[n+]3CCc2ccc(C)cc2)c1. The standard InChI is InChI=1S/C22H23N5O2S/c1-14-4-6-15(7-5-14)10-11-27-13-24-20(23)19-21(27)26-22(25-19)30-18-12-16(28-2)8-9-17(18)29-3/h4-9,12-13H,10-11H2,1-3H3,(H2,23,25,26)/p+1. The number of ether oxygens (including phenoxy) is 2. The van der Waals surface area contributed by atoms with Gasteiger partial charge in [0.1, 0.15) is 11.5 Å². The average molecular weight is 423 g/mol. The Morgan fingerprint density at radius 1 is 1.10 bits per heavy atom. The van der Waals surface area contributed by atoms with Crippen molar-refractivity contribution in [2.24, 2.45) is 0 Å². The van der Waals surface area contributed by atoms with Crippen LogP contribution in [0.25, 0.3) is 11.2 Å². The number of aromatic nitrogens is 4. The van der Waals surface area contributed by atoms with Gasteiger partial charge in [0.2, 0.25) is 17.3 Å². The van der Waals surface area contributed by atoms with E-state index in [0.29, 0.717) is 11.0 Å². The molecule has 154 valence electrons. The van der Waals surface area contributed by atoms with Gasteiger partial charge in [-0.05, 0) is 42.4 Å². The van der Waals surface area contributed by atoms with Gasteiger partial charge in [-0.3, -0.25) is 0 Å². The Balaban J connectivity index is 1.63. The van der Waals surface area contributed by atoms with Crippen LogP contribution in [0, 0.1) is 6.92 Å². The number of fused-ring (bicyclic) bond motifs is 1. The first-order valence-corrected chi connectivity index (χ1v) is 10.4.